The number of nitrogens with one attached hydrogen (secondary N) is 1. The first kappa shape index (κ1) is 12.6. The van der Waals surface area contributed by atoms with E-state index in [1.165, 1.54) is 0 Å². The van der Waals surface area contributed by atoms with E-state index in [1.54, 1.807) is 24.7 Å². The van der Waals surface area contributed by atoms with Crippen LogP contribution in [0.5, 0.6) is 5.75 Å². The number of rotatable bonds is 5. The second kappa shape index (κ2) is 6.16. The lowest BCUT2D eigenvalue weighted by atomic mass is 10.4. The Labute approximate surface area is 110 Å². The van der Waals surface area contributed by atoms with Crippen molar-refractivity contribution in [1.82, 2.24) is 15.0 Å². The topological polar surface area (TPSA) is 59.9 Å². The number of aromatic nitrogens is 3. The third kappa shape index (κ3) is 3.85. The summed E-state index contributed by atoms with van der Waals surface area (Å²) in [7, 11) is 0. The smallest absolute Gasteiger partial charge is 0.139 e. The van der Waals surface area contributed by atoms with Crippen LogP contribution in [0.4, 0.5) is 5.82 Å². The summed E-state index contributed by atoms with van der Waals surface area (Å²) >= 11 is 5.80. The van der Waals surface area contributed by atoms with Gasteiger partial charge >= 0.3 is 0 Å². The quantitative estimate of drug-likeness (QED) is 0.840. The zero-order valence-electron chi connectivity index (χ0n) is 9.93. The van der Waals surface area contributed by atoms with Crippen LogP contribution < -0.4 is 10.1 Å². The molecule has 0 aromatic carbocycles. The van der Waals surface area contributed by atoms with Gasteiger partial charge in [0.15, 0.2) is 0 Å². The van der Waals surface area contributed by atoms with Crippen LogP contribution in [0.25, 0.3) is 0 Å². The molecule has 2 aromatic rings. The van der Waals surface area contributed by atoms with E-state index in [4.69, 9.17) is 16.3 Å². The summed E-state index contributed by atoms with van der Waals surface area (Å²) in [6.07, 6.45) is 4.91. The molecule has 6 heteroatoms. The van der Waals surface area contributed by atoms with Crippen LogP contribution in [-0.4, -0.2) is 28.1 Å². The summed E-state index contributed by atoms with van der Waals surface area (Å²) in [6.45, 7) is 2.99. The Hall–Kier alpha value is -1.88. The van der Waals surface area contributed by atoms with Crippen LogP contribution >= 0.6 is 11.6 Å². The highest BCUT2D eigenvalue weighted by Crippen LogP contribution is 2.14. The maximum absolute atomic E-state index is 5.80. The van der Waals surface area contributed by atoms with Crippen molar-refractivity contribution in [1.29, 1.82) is 0 Å². The number of nitrogens with zero attached hydrogens (tertiary/aromatic N) is 3. The van der Waals surface area contributed by atoms with E-state index >= 15 is 0 Å². The molecule has 0 fully saturated rings. The Morgan fingerprint density at radius 3 is 3.06 bits per heavy atom. The van der Waals surface area contributed by atoms with Crippen molar-refractivity contribution in [3.05, 3.63) is 41.6 Å². The molecule has 2 rings (SSSR count). The minimum atomic E-state index is 0.505. The van der Waals surface area contributed by atoms with Gasteiger partial charge in [0.1, 0.15) is 24.0 Å². The fourth-order valence-electron chi connectivity index (χ4n) is 1.37. The fraction of sp³-hybridized carbons (Fsp3) is 0.250. The summed E-state index contributed by atoms with van der Waals surface area (Å²) in [4.78, 5) is 12.2. The molecule has 2 aromatic heterocycles. The Balaban J connectivity index is 1.76. The molecule has 1 N–H and O–H groups in total. The van der Waals surface area contributed by atoms with Crippen molar-refractivity contribution in [2.75, 3.05) is 18.5 Å². The summed E-state index contributed by atoms with van der Waals surface area (Å²) in [5.74, 6) is 2.18. The average Bonchev–Trinajstić information content (AvgIpc) is 2.35. The van der Waals surface area contributed by atoms with Gasteiger partial charge < -0.3 is 10.1 Å². The van der Waals surface area contributed by atoms with Crippen LogP contribution in [0.15, 0.2) is 30.7 Å². The fourth-order valence-corrected chi connectivity index (χ4v) is 1.54. The Morgan fingerprint density at radius 2 is 2.28 bits per heavy atom. The molecule has 5 nitrogen and oxygen atoms in total. The van der Waals surface area contributed by atoms with Crippen LogP contribution in [0.1, 0.15) is 5.82 Å². The van der Waals surface area contributed by atoms with Crippen molar-refractivity contribution >= 4 is 17.4 Å². The van der Waals surface area contributed by atoms with E-state index in [9.17, 15) is 0 Å². The van der Waals surface area contributed by atoms with Gasteiger partial charge in [-0.1, -0.05) is 11.6 Å². The van der Waals surface area contributed by atoms with E-state index in [1.807, 2.05) is 13.0 Å². The number of hydrogen-bond acceptors (Lipinski definition) is 5. The zero-order chi connectivity index (χ0) is 12.8. The lowest BCUT2D eigenvalue weighted by molar-refractivity contribution is 0.331. The third-order valence-corrected chi connectivity index (χ3v) is 2.34. The highest BCUT2D eigenvalue weighted by molar-refractivity contribution is 6.30. The molecule has 0 spiro atoms. The molecule has 0 saturated heterocycles. The van der Waals surface area contributed by atoms with E-state index in [-0.39, 0.29) is 0 Å². The Morgan fingerprint density at radius 1 is 1.39 bits per heavy atom. The summed E-state index contributed by atoms with van der Waals surface area (Å²) in [5, 5.41) is 3.70. The predicted molar refractivity (Wildman–Crippen MR) is 70.0 cm³/mol. The lowest BCUT2D eigenvalue weighted by Gasteiger charge is -2.08. The molecule has 18 heavy (non-hydrogen) atoms. The molecule has 0 radical (unpaired) electrons. The minimum absolute atomic E-state index is 0.505. The van der Waals surface area contributed by atoms with Gasteiger partial charge in [0, 0.05) is 18.5 Å². The number of halogens is 1. The molecule has 0 atom stereocenters. The van der Waals surface area contributed by atoms with Crippen molar-refractivity contribution in [3.8, 4) is 5.75 Å². The SMILES string of the molecule is Cc1nccc(NCCOc2cncc(Cl)c2)n1. The molecular formula is C12H13ClN4O. The maximum Gasteiger partial charge on any atom is 0.139 e. The molecule has 0 bridgehead atoms. The minimum Gasteiger partial charge on any atom is -0.490 e. The van der Waals surface area contributed by atoms with Gasteiger partial charge in [0.25, 0.3) is 0 Å². The number of pyridine rings is 1. The molecule has 0 aliphatic heterocycles. The van der Waals surface area contributed by atoms with Crippen molar-refractivity contribution < 1.29 is 4.74 Å². The second-order valence-corrected chi connectivity index (χ2v) is 4.04. The zero-order valence-corrected chi connectivity index (χ0v) is 10.7. The van der Waals surface area contributed by atoms with Gasteiger partial charge in [-0.2, -0.15) is 0 Å². The van der Waals surface area contributed by atoms with Gasteiger partial charge in [-0.3, -0.25) is 4.98 Å². The van der Waals surface area contributed by atoms with E-state index < -0.39 is 0 Å². The molecule has 0 aliphatic carbocycles. The van der Waals surface area contributed by atoms with Gasteiger partial charge in [0.05, 0.1) is 17.8 Å². The Kier molecular flexibility index (Phi) is 4.30. The Bertz CT molecular complexity index is 473. The normalized spacial score (nSPS) is 10.1. The largest absolute Gasteiger partial charge is 0.490 e. The predicted octanol–water partition coefficient (Wildman–Crippen LogP) is 2.32. The van der Waals surface area contributed by atoms with E-state index in [0.717, 1.165) is 11.6 Å². The molecular weight excluding hydrogens is 252 g/mol. The number of aryl methyl sites for hydroxylation is 1. The highest BCUT2D eigenvalue weighted by Gasteiger charge is 1.97. The molecule has 94 valence electrons. The first-order valence-corrected chi connectivity index (χ1v) is 5.89. The molecule has 0 unspecified atom stereocenters. The first-order chi connectivity index (χ1) is 8.74. The molecule has 0 aliphatic rings. The van der Waals surface area contributed by atoms with E-state index in [0.29, 0.717) is 23.9 Å². The summed E-state index contributed by atoms with van der Waals surface area (Å²) < 4.78 is 5.49. The molecule has 2 heterocycles. The summed E-state index contributed by atoms with van der Waals surface area (Å²) in [6, 6.07) is 3.54. The highest BCUT2D eigenvalue weighted by atomic mass is 35.5. The van der Waals surface area contributed by atoms with Crippen molar-refractivity contribution in [3.63, 3.8) is 0 Å². The molecule has 0 saturated carbocycles. The maximum atomic E-state index is 5.80. The molecule has 0 amide bonds. The van der Waals surface area contributed by atoms with Crippen LogP contribution in [0.2, 0.25) is 5.02 Å². The van der Waals surface area contributed by atoms with Gasteiger partial charge in [0.2, 0.25) is 0 Å². The first-order valence-electron chi connectivity index (χ1n) is 5.51. The number of anilines is 1. The van der Waals surface area contributed by atoms with Crippen LogP contribution in [-0.2, 0) is 0 Å². The monoisotopic (exact) mass is 264 g/mol. The van der Waals surface area contributed by atoms with E-state index in [2.05, 4.69) is 20.3 Å². The third-order valence-electron chi connectivity index (χ3n) is 2.13. The van der Waals surface area contributed by atoms with Crippen molar-refractivity contribution in [2.24, 2.45) is 0 Å². The summed E-state index contributed by atoms with van der Waals surface area (Å²) in [5.41, 5.74) is 0. The second-order valence-electron chi connectivity index (χ2n) is 3.60. The number of hydrogen-bond donors (Lipinski definition) is 1. The van der Waals surface area contributed by atoms with Gasteiger partial charge in [-0.05, 0) is 13.0 Å². The van der Waals surface area contributed by atoms with Gasteiger partial charge in [-0.15, -0.1) is 0 Å². The average molecular weight is 265 g/mol. The van der Waals surface area contributed by atoms with Crippen LogP contribution in [0.3, 0.4) is 0 Å². The van der Waals surface area contributed by atoms with Crippen molar-refractivity contribution in [2.45, 2.75) is 6.92 Å². The standard InChI is InChI=1S/C12H13ClN4O/c1-9-15-3-2-12(17-9)16-4-5-18-11-6-10(13)7-14-8-11/h2-3,6-8H,4-5H2,1H3,(H,15,16,17). The lowest BCUT2D eigenvalue weighted by Crippen LogP contribution is -2.12. The van der Waals surface area contributed by atoms with Gasteiger partial charge in [-0.25, -0.2) is 9.97 Å². The van der Waals surface area contributed by atoms with Crippen LogP contribution in [0, 0.1) is 6.92 Å². The number of ether oxygens (including phenoxy) is 1.